The first-order valence-corrected chi connectivity index (χ1v) is 8.93. The third-order valence-corrected chi connectivity index (χ3v) is 4.91. The number of rotatable bonds is 3. The molecular weight excluding hydrogens is 350 g/mol. The van der Waals surface area contributed by atoms with Crippen molar-refractivity contribution in [2.45, 2.75) is 6.92 Å². The number of nitrogens with zero attached hydrogens (tertiary/aromatic N) is 1. The molecule has 0 unspecified atom stereocenters. The second-order valence-electron chi connectivity index (χ2n) is 6.53. The number of fused-ring (bicyclic) bond motifs is 1. The number of carbonyl (C=O) groups excluding carboxylic acids is 2. The molecule has 3 N–H and O–H groups in total. The number of hydrazine groups is 1. The van der Waals surface area contributed by atoms with Crippen molar-refractivity contribution < 1.29 is 9.59 Å². The molecule has 5 heteroatoms. The van der Waals surface area contributed by atoms with Gasteiger partial charge in [0.25, 0.3) is 11.8 Å². The molecule has 0 aliphatic carbocycles. The van der Waals surface area contributed by atoms with E-state index in [9.17, 15) is 9.59 Å². The largest absolute Gasteiger partial charge is 0.290 e. The lowest BCUT2D eigenvalue weighted by Crippen LogP contribution is -2.30. The van der Waals surface area contributed by atoms with Crippen LogP contribution in [0.4, 0.5) is 0 Å². The first-order chi connectivity index (χ1) is 13.6. The molecule has 0 spiro atoms. The summed E-state index contributed by atoms with van der Waals surface area (Å²) in [5, 5.41) is 0.692. The first-order valence-electron chi connectivity index (χ1n) is 8.93. The summed E-state index contributed by atoms with van der Waals surface area (Å²) in [7, 11) is 0. The van der Waals surface area contributed by atoms with Gasteiger partial charge in [0.05, 0.1) is 11.1 Å². The van der Waals surface area contributed by atoms with E-state index in [0.29, 0.717) is 27.7 Å². The molecule has 4 aromatic rings. The highest BCUT2D eigenvalue weighted by molar-refractivity contribution is 6.12. The first kappa shape index (κ1) is 17.7. The Kier molecular flexibility index (Phi) is 4.51. The number of para-hydroxylation sites is 1. The lowest BCUT2D eigenvalue weighted by Gasteiger charge is -2.09. The Labute approximate surface area is 162 Å². The Morgan fingerprint density at radius 2 is 1.43 bits per heavy atom. The zero-order valence-electron chi connectivity index (χ0n) is 15.3. The van der Waals surface area contributed by atoms with E-state index < -0.39 is 5.91 Å². The molecule has 1 heterocycles. The van der Waals surface area contributed by atoms with Crippen LogP contribution in [0.1, 0.15) is 26.4 Å². The average Bonchev–Trinajstić information content (AvgIpc) is 3.05. The van der Waals surface area contributed by atoms with Crippen molar-refractivity contribution >= 4 is 22.7 Å². The number of benzene rings is 3. The zero-order chi connectivity index (χ0) is 19.7. The average molecular weight is 369 g/mol. The van der Waals surface area contributed by atoms with Crippen LogP contribution in [-0.2, 0) is 0 Å². The standard InChI is InChI=1S/C23H19N3O2/c1-15-21(22(27)25-24)19-9-5-6-10-20(19)26(15)23(28)18-13-11-17(12-14-18)16-7-3-2-4-8-16/h2-14H,24H2,1H3,(H,25,27). The molecule has 4 rings (SSSR count). The molecule has 0 fully saturated rings. The van der Waals surface area contributed by atoms with Crippen molar-refractivity contribution in [3.05, 3.63) is 95.7 Å². The highest BCUT2D eigenvalue weighted by atomic mass is 16.2. The molecule has 28 heavy (non-hydrogen) atoms. The highest BCUT2D eigenvalue weighted by Gasteiger charge is 2.23. The Bertz CT molecular complexity index is 1180. The van der Waals surface area contributed by atoms with Gasteiger partial charge >= 0.3 is 0 Å². The Hall–Kier alpha value is -3.70. The summed E-state index contributed by atoms with van der Waals surface area (Å²) in [5.41, 5.74) is 6.48. The summed E-state index contributed by atoms with van der Waals surface area (Å²) in [6.07, 6.45) is 0. The van der Waals surface area contributed by atoms with E-state index in [4.69, 9.17) is 5.84 Å². The predicted octanol–water partition coefficient (Wildman–Crippen LogP) is 3.91. The van der Waals surface area contributed by atoms with E-state index >= 15 is 0 Å². The van der Waals surface area contributed by atoms with Gasteiger partial charge in [0.15, 0.2) is 0 Å². The second-order valence-corrected chi connectivity index (χ2v) is 6.53. The highest BCUT2D eigenvalue weighted by Crippen LogP contribution is 2.27. The minimum Gasteiger partial charge on any atom is -0.290 e. The molecule has 0 aliphatic rings. The number of amides is 1. The molecule has 0 bridgehead atoms. The van der Waals surface area contributed by atoms with Gasteiger partial charge in [-0.05, 0) is 36.2 Å². The third kappa shape index (κ3) is 2.88. The van der Waals surface area contributed by atoms with E-state index in [1.54, 1.807) is 11.5 Å². The van der Waals surface area contributed by atoms with Crippen molar-refractivity contribution in [3.8, 4) is 11.1 Å². The normalized spacial score (nSPS) is 10.8. The van der Waals surface area contributed by atoms with Gasteiger partial charge in [-0.3, -0.25) is 19.6 Å². The molecule has 0 radical (unpaired) electrons. The fraction of sp³-hybridized carbons (Fsp3) is 0.0435. The van der Waals surface area contributed by atoms with Gasteiger partial charge in [-0.1, -0.05) is 60.7 Å². The van der Waals surface area contributed by atoms with Crippen molar-refractivity contribution in [2.75, 3.05) is 0 Å². The van der Waals surface area contributed by atoms with E-state index in [2.05, 4.69) is 5.43 Å². The maximum absolute atomic E-state index is 13.3. The van der Waals surface area contributed by atoms with Crippen LogP contribution in [-0.4, -0.2) is 16.4 Å². The number of aromatic nitrogens is 1. The van der Waals surface area contributed by atoms with Gasteiger partial charge in [0.1, 0.15) is 0 Å². The van der Waals surface area contributed by atoms with Crippen LogP contribution < -0.4 is 11.3 Å². The minimum absolute atomic E-state index is 0.190. The minimum atomic E-state index is -0.417. The van der Waals surface area contributed by atoms with E-state index in [-0.39, 0.29) is 5.91 Å². The predicted molar refractivity (Wildman–Crippen MR) is 110 cm³/mol. The van der Waals surface area contributed by atoms with Crippen molar-refractivity contribution in [3.63, 3.8) is 0 Å². The summed E-state index contributed by atoms with van der Waals surface area (Å²) in [5.74, 6) is 4.73. The number of hydrogen-bond donors (Lipinski definition) is 2. The van der Waals surface area contributed by atoms with E-state index in [1.807, 2.05) is 78.9 Å². The molecule has 5 nitrogen and oxygen atoms in total. The maximum atomic E-state index is 13.3. The van der Waals surface area contributed by atoms with Crippen LogP contribution in [0.2, 0.25) is 0 Å². The fourth-order valence-electron chi connectivity index (χ4n) is 3.55. The number of nitrogen functional groups attached to an aromatic ring is 1. The monoisotopic (exact) mass is 369 g/mol. The number of nitrogens with two attached hydrogens (primary N) is 1. The summed E-state index contributed by atoms with van der Waals surface area (Å²) < 4.78 is 1.57. The summed E-state index contributed by atoms with van der Waals surface area (Å²) in [4.78, 5) is 25.5. The summed E-state index contributed by atoms with van der Waals surface area (Å²) in [6, 6.07) is 24.8. The van der Waals surface area contributed by atoms with Gasteiger partial charge in [0.2, 0.25) is 0 Å². The smallest absolute Gasteiger partial charge is 0.267 e. The molecule has 3 aromatic carbocycles. The van der Waals surface area contributed by atoms with Crippen LogP contribution in [0.5, 0.6) is 0 Å². The van der Waals surface area contributed by atoms with Gasteiger partial charge < -0.3 is 0 Å². The van der Waals surface area contributed by atoms with Crippen molar-refractivity contribution in [1.82, 2.24) is 9.99 Å². The summed E-state index contributed by atoms with van der Waals surface area (Å²) >= 11 is 0. The molecule has 138 valence electrons. The lowest BCUT2D eigenvalue weighted by molar-refractivity contribution is 0.0954. The molecule has 0 atom stereocenters. The molecule has 1 amide bonds. The van der Waals surface area contributed by atoms with Crippen LogP contribution in [0.25, 0.3) is 22.0 Å². The SMILES string of the molecule is Cc1c(C(=O)NN)c2ccccc2n1C(=O)c1ccc(-c2ccccc2)cc1. The second kappa shape index (κ2) is 7.13. The van der Waals surface area contributed by atoms with E-state index in [1.165, 1.54) is 0 Å². The van der Waals surface area contributed by atoms with Gasteiger partial charge in [-0.15, -0.1) is 0 Å². The zero-order valence-corrected chi connectivity index (χ0v) is 15.3. The van der Waals surface area contributed by atoms with Crippen LogP contribution in [0.15, 0.2) is 78.9 Å². The molecular formula is C23H19N3O2. The summed E-state index contributed by atoms with van der Waals surface area (Å²) in [6.45, 7) is 1.75. The maximum Gasteiger partial charge on any atom is 0.267 e. The molecule has 0 saturated heterocycles. The Morgan fingerprint density at radius 1 is 0.821 bits per heavy atom. The van der Waals surface area contributed by atoms with Gasteiger partial charge in [0, 0.05) is 16.6 Å². The Morgan fingerprint density at radius 3 is 2.11 bits per heavy atom. The number of hydrogen-bond acceptors (Lipinski definition) is 3. The van der Waals surface area contributed by atoms with Crippen molar-refractivity contribution in [2.24, 2.45) is 5.84 Å². The van der Waals surface area contributed by atoms with Crippen LogP contribution in [0, 0.1) is 6.92 Å². The third-order valence-electron chi connectivity index (χ3n) is 4.91. The van der Waals surface area contributed by atoms with Gasteiger partial charge in [-0.25, -0.2) is 5.84 Å². The Balaban J connectivity index is 1.79. The molecule has 1 aromatic heterocycles. The topological polar surface area (TPSA) is 77.1 Å². The lowest BCUT2D eigenvalue weighted by atomic mass is 10.0. The van der Waals surface area contributed by atoms with Crippen LogP contribution >= 0.6 is 0 Å². The van der Waals surface area contributed by atoms with E-state index in [0.717, 1.165) is 11.1 Å². The quantitative estimate of drug-likeness (QED) is 0.327. The van der Waals surface area contributed by atoms with Crippen LogP contribution in [0.3, 0.4) is 0 Å². The number of carbonyl (C=O) groups is 2. The molecule has 0 aliphatic heterocycles. The van der Waals surface area contributed by atoms with Gasteiger partial charge in [-0.2, -0.15) is 0 Å². The fourth-order valence-corrected chi connectivity index (χ4v) is 3.55. The molecule has 0 saturated carbocycles. The van der Waals surface area contributed by atoms with Crippen molar-refractivity contribution in [1.29, 1.82) is 0 Å². The number of nitrogens with one attached hydrogen (secondary N) is 1.